The second kappa shape index (κ2) is 8.24. The molecular weight excluding hydrogens is 479 g/mol. The average Bonchev–Trinajstić information content (AvgIpc) is 3.24. The van der Waals surface area contributed by atoms with Crippen LogP contribution in [0.25, 0.3) is 22.3 Å². The zero-order chi connectivity index (χ0) is 26.0. The number of nitrogens with zero attached hydrogens (tertiary/aromatic N) is 2. The Morgan fingerprint density at radius 1 is 1.22 bits per heavy atom. The number of esters is 1. The molecule has 6 rings (SSSR count). The van der Waals surface area contributed by atoms with Gasteiger partial charge in [-0.25, -0.2) is 14.2 Å². The number of hydrogen-bond donors (Lipinski definition) is 3. The molecule has 0 saturated carbocycles. The molecule has 0 saturated heterocycles. The van der Waals surface area contributed by atoms with E-state index in [4.69, 9.17) is 10.5 Å². The third-order valence-electron chi connectivity index (χ3n) is 6.95. The Morgan fingerprint density at radius 2 is 1.97 bits per heavy atom. The van der Waals surface area contributed by atoms with Crippen LogP contribution in [0.2, 0.25) is 0 Å². The molecule has 0 fully saturated rings. The van der Waals surface area contributed by atoms with Crippen LogP contribution >= 0.6 is 0 Å². The highest BCUT2D eigenvalue weighted by Gasteiger charge is 2.34. The van der Waals surface area contributed by atoms with Gasteiger partial charge in [-0.3, -0.25) is 9.59 Å². The lowest BCUT2D eigenvalue weighted by Gasteiger charge is -2.21. The predicted molar refractivity (Wildman–Crippen MR) is 132 cm³/mol. The van der Waals surface area contributed by atoms with Crippen molar-refractivity contribution in [1.29, 1.82) is 0 Å². The summed E-state index contributed by atoms with van der Waals surface area (Å²) in [6.45, 7) is 1.67. The number of aryl methyl sites for hydroxylation is 1. The summed E-state index contributed by atoms with van der Waals surface area (Å²) in [6.07, 6.45) is -1.58. The van der Waals surface area contributed by atoms with E-state index in [0.29, 0.717) is 50.2 Å². The van der Waals surface area contributed by atoms with E-state index in [2.05, 4.69) is 10.3 Å². The zero-order valence-electron chi connectivity index (χ0n) is 19.7. The third kappa shape index (κ3) is 3.56. The lowest BCUT2D eigenvalue weighted by Crippen LogP contribution is -2.32. The van der Waals surface area contributed by atoms with Gasteiger partial charge in [-0.05, 0) is 54.4 Å². The van der Waals surface area contributed by atoms with Gasteiger partial charge in [0, 0.05) is 40.4 Å². The van der Waals surface area contributed by atoms with Gasteiger partial charge >= 0.3 is 5.97 Å². The normalized spacial score (nSPS) is 15.6. The molecule has 0 unspecified atom stereocenters. The quantitative estimate of drug-likeness (QED) is 0.256. The van der Waals surface area contributed by atoms with E-state index >= 15 is 0 Å². The summed E-state index contributed by atoms with van der Waals surface area (Å²) in [4.78, 5) is 42.7. The molecule has 2 aliphatic heterocycles. The predicted octanol–water partition coefficient (Wildman–Crippen LogP) is 2.48. The number of anilines is 1. The molecule has 1 amide bonds. The maximum Gasteiger partial charge on any atom is 0.340 e. The van der Waals surface area contributed by atoms with E-state index in [1.165, 1.54) is 10.6 Å². The highest BCUT2D eigenvalue weighted by atomic mass is 19.1. The Hall–Kier alpha value is -4.57. The smallest absolute Gasteiger partial charge is 0.340 e. The lowest BCUT2D eigenvalue weighted by atomic mass is 9.97. The van der Waals surface area contributed by atoms with Gasteiger partial charge in [0.1, 0.15) is 12.4 Å². The number of benzene rings is 2. The van der Waals surface area contributed by atoms with Crippen molar-refractivity contribution < 1.29 is 23.8 Å². The summed E-state index contributed by atoms with van der Waals surface area (Å²) in [6, 6.07) is 11.1. The van der Waals surface area contributed by atoms with Gasteiger partial charge in [-0.15, -0.1) is 0 Å². The van der Waals surface area contributed by atoms with Crippen LogP contribution in [0.15, 0.2) is 47.3 Å². The van der Waals surface area contributed by atoms with Gasteiger partial charge in [0.2, 0.25) is 0 Å². The van der Waals surface area contributed by atoms with E-state index in [0.717, 1.165) is 0 Å². The van der Waals surface area contributed by atoms with E-state index in [9.17, 15) is 23.9 Å². The summed E-state index contributed by atoms with van der Waals surface area (Å²) in [5.74, 6) is -1.58. The van der Waals surface area contributed by atoms with Crippen LogP contribution in [0.5, 0.6) is 0 Å². The number of amides is 1. The number of rotatable bonds is 3. The Kier molecular flexibility index (Phi) is 5.09. The number of carbonyl (C=O) groups is 2. The van der Waals surface area contributed by atoms with Crippen molar-refractivity contribution in [3.8, 4) is 11.4 Å². The summed E-state index contributed by atoms with van der Waals surface area (Å²) < 4.78 is 21.0. The van der Waals surface area contributed by atoms with Crippen LogP contribution in [-0.2, 0) is 29.2 Å². The number of nitrogens with two attached hydrogens (primary N) is 1. The fraction of sp³-hybridized carbons (Fsp3) is 0.185. The monoisotopic (exact) mass is 500 g/mol. The maximum absolute atomic E-state index is 14.5. The van der Waals surface area contributed by atoms with E-state index in [1.54, 1.807) is 43.3 Å². The largest absolute Gasteiger partial charge is 0.458 e. The van der Waals surface area contributed by atoms with Crippen molar-refractivity contribution in [3.05, 3.63) is 92.0 Å². The Bertz CT molecular complexity index is 1710. The van der Waals surface area contributed by atoms with Crippen molar-refractivity contribution in [2.45, 2.75) is 32.7 Å². The van der Waals surface area contributed by atoms with Crippen molar-refractivity contribution in [1.82, 2.24) is 14.9 Å². The van der Waals surface area contributed by atoms with Gasteiger partial charge in [0.15, 0.2) is 6.10 Å². The van der Waals surface area contributed by atoms with Crippen molar-refractivity contribution in [3.63, 3.8) is 0 Å². The summed E-state index contributed by atoms with van der Waals surface area (Å²) in [7, 11) is 0. The van der Waals surface area contributed by atoms with E-state index in [-0.39, 0.29) is 36.7 Å². The number of hydrogen-bond acceptors (Lipinski definition) is 7. The van der Waals surface area contributed by atoms with Crippen LogP contribution in [0.4, 0.5) is 10.1 Å². The molecule has 4 heterocycles. The minimum atomic E-state index is -1.58. The number of ether oxygens (including phenoxy) is 1. The number of nitrogens with one attached hydrogen (secondary N) is 1. The van der Waals surface area contributed by atoms with Gasteiger partial charge in [0.05, 0.1) is 29.0 Å². The number of pyridine rings is 2. The third-order valence-corrected chi connectivity index (χ3v) is 6.95. The number of aliphatic hydroxyl groups is 1. The standard InChI is InChI=1S/C27H21FN4O5/c1-12-6-15-17(9-30-25(34)13-2-4-14(29)5-3-13)18-10-32-22(23(18)31-21(15)8-20(12)28)7-16-19(26(32)35)11-37-27(36)24(16)33/h2-8,24,33H,9-11,29H2,1H3,(H,30,34)/t24-/m0/s1. The number of nitrogen functional groups attached to an aromatic ring is 1. The topological polar surface area (TPSA) is 137 Å². The molecule has 10 heteroatoms. The molecule has 0 radical (unpaired) electrons. The number of halogens is 1. The molecule has 0 aliphatic carbocycles. The number of aliphatic hydroxyl groups excluding tert-OH is 1. The first-order valence-corrected chi connectivity index (χ1v) is 11.6. The van der Waals surface area contributed by atoms with Gasteiger partial charge in [-0.2, -0.15) is 0 Å². The second-order valence-electron chi connectivity index (χ2n) is 9.21. The molecule has 2 aromatic heterocycles. The number of fused-ring (bicyclic) bond motifs is 5. The fourth-order valence-corrected chi connectivity index (χ4v) is 4.95. The molecular formula is C27H21FN4O5. The molecule has 0 spiro atoms. The van der Waals surface area contributed by atoms with Gasteiger partial charge in [0.25, 0.3) is 11.5 Å². The molecule has 2 aliphatic rings. The fourth-order valence-electron chi connectivity index (χ4n) is 4.95. The number of aromatic nitrogens is 2. The first-order valence-electron chi connectivity index (χ1n) is 11.6. The molecule has 2 aromatic carbocycles. The summed E-state index contributed by atoms with van der Waals surface area (Å²) in [5.41, 5.74) is 9.66. The highest BCUT2D eigenvalue weighted by Crippen LogP contribution is 2.38. The molecule has 37 heavy (non-hydrogen) atoms. The number of cyclic esters (lactones) is 1. The highest BCUT2D eigenvalue weighted by molar-refractivity contribution is 5.95. The molecule has 186 valence electrons. The Labute approximate surface area is 209 Å². The molecule has 1 atom stereocenters. The van der Waals surface area contributed by atoms with Crippen LogP contribution < -0.4 is 16.6 Å². The molecule has 9 nitrogen and oxygen atoms in total. The van der Waals surface area contributed by atoms with Crippen LogP contribution in [-0.4, -0.2) is 26.5 Å². The maximum atomic E-state index is 14.5. The van der Waals surface area contributed by atoms with Crippen LogP contribution in [0.1, 0.15) is 44.3 Å². The molecule has 0 bridgehead atoms. The van der Waals surface area contributed by atoms with Crippen LogP contribution in [0, 0.1) is 12.7 Å². The average molecular weight is 500 g/mol. The van der Waals surface area contributed by atoms with Crippen LogP contribution in [0.3, 0.4) is 0 Å². The van der Waals surface area contributed by atoms with Crippen molar-refractivity contribution in [2.24, 2.45) is 0 Å². The molecule has 4 N–H and O–H groups in total. The first kappa shape index (κ1) is 22.9. The summed E-state index contributed by atoms with van der Waals surface area (Å²) in [5, 5.41) is 13.9. The zero-order valence-corrected chi connectivity index (χ0v) is 19.7. The van der Waals surface area contributed by atoms with Crippen molar-refractivity contribution >= 4 is 28.5 Å². The van der Waals surface area contributed by atoms with Gasteiger partial charge < -0.3 is 25.5 Å². The Morgan fingerprint density at radius 3 is 2.73 bits per heavy atom. The lowest BCUT2D eigenvalue weighted by molar-refractivity contribution is -0.157. The SMILES string of the molecule is Cc1cc2c(CNC(=O)c3ccc(N)cc3)c3c(nc2cc1F)-c1cc2c(c(=O)n1C3)COC(=O)[C@H]2O. The Balaban J connectivity index is 1.50. The van der Waals surface area contributed by atoms with Crippen molar-refractivity contribution in [2.75, 3.05) is 5.73 Å². The molecule has 4 aromatic rings. The van der Waals surface area contributed by atoms with E-state index in [1.807, 2.05) is 0 Å². The minimum absolute atomic E-state index is 0.0995. The number of carbonyl (C=O) groups excluding carboxylic acids is 2. The first-order chi connectivity index (χ1) is 17.7. The second-order valence-corrected chi connectivity index (χ2v) is 9.21. The van der Waals surface area contributed by atoms with E-state index < -0.39 is 23.4 Å². The summed E-state index contributed by atoms with van der Waals surface area (Å²) >= 11 is 0. The minimum Gasteiger partial charge on any atom is -0.458 e. The van der Waals surface area contributed by atoms with Gasteiger partial charge in [-0.1, -0.05) is 0 Å².